The highest BCUT2D eigenvalue weighted by Gasteiger charge is 2.22. The number of nitrogens with zero attached hydrogens (tertiary/aromatic N) is 2. The second-order valence-corrected chi connectivity index (χ2v) is 9.00. The predicted molar refractivity (Wildman–Crippen MR) is 130 cm³/mol. The largest absolute Gasteiger partial charge is 0.367 e. The first-order valence-corrected chi connectivity index (χ1v) is 11.7. The molecule has 0 bridgehead atoms. The van der Waals surface area contributed by atoms with Crippen LogP contribution >= 0.6 is 0 Å². The second kappa shape index (κ2) is 9.58. The van der Waals surface area contributed by atoms with Crippen molar-refractivity contribution in [2.45, 2.75) is 38.4 Å². The van der Waals surface area contributed by atoms with Crippen LogP contribution in [0.25, 0.3) is 0 Å². The molecule has 32 heavy (non-hydrogen) atoms. The van der Waals surface area contributed by atoms with Crippen LogP contribution in [0.2, 0.25) is 0 Å². The van der Waals surface area contributed by atoms with E-state index in [9.17, 15) is 4.79 Å². The van der Waals surface area contributed by atoms with Crippen molar-refractivity contribution in [1.29, 1.82) is 0 Å². The molecule has 2 aliphatic rings. The molecule has 0 saturated carbocycles. The van der Waals surface area contributed by atoms with Crippen molar-refractivity contribution in [3.63, 3.8) is 0 Å². The van der Waals surface area contributed by atoms with Crippen LogP contribution in [0.3, 0.4) is 0 Å². The standard InChI is InChI=1S/C28H31N3O/c32-28(29-26-14-16-30(17-15-26)20-22-7-2-1-3-8-22)24-11-6-12-27(19-24)31-18-13-23-9-4-5-10-25(23)21-31/h1-12,19,26H,13-18,20-21H2,(H,29,32). The lowest BCUT2D eigenvalue weighted by atomic mass is 9.99. The van der Waals surface area contributed by atoms with Gasteiger partial charge in [-0.15, -0.1) is 0 Å². The fourth-order valence-electron chi connectivity index (χ4n) is 4.91. The van der Waals surface area contributed by atoms with Crippen molar-refractivity contribution in [3.8, 4) is 0 Å². The molecule has 0 aliphatic carbocycles. The van der Waals surface area contributed by atoms with Crippen molar-refractivity contribution in [3.05, 3.63) is 101 Å². The van der Waals surface area contributed by atoms with Gasteiger partial charge in [0, 0.05) is 50.0 Å². The maximum absolute atomic E-state index is 13.0. The highest BCUT2D eigenvalue weighted by molar-refractivity contribution is 5.95. The third-order valence-corrected chi connectivity index (χ3v) is 6.78. The summed E-state index contributed by atoms with van der Waals surface area (Å²) < 4.78 is 0. The SMILES string of the molecule is O=C(NC1CCN(Cc2ccccc2)CC1)c1cccc(N2CCc3ccccc3C2)c1. The number of hydrogen-bond acceptors (Lipinski definition) is 3. The molecule has 3 aromatic carbocycles. The van der Waals surface area contributed by atoms with Gasteiger partial charge in [-0.3, -0.25) is 9.69 Å². The van der Waals surface area contributed by atoms with E-state index in [-0.39, 0.29) is 11.9 Å². The lowest BCUT2D eigenvalue weighted by Gasteiger charge is -2.32. The van der Waals surface area contributed by atoms with Gasteiger partial charge in [0.05, 0.1) is 0 Å². The minimum Gasteiger partial charge on any atom is -0.367 e. The quantitative estimate of drug-likeness (QED) is 0.647. The molecule has 0 atom stereocenters. The molecule has 5 rings (SSSR count). The molecule has 1 N–H and O–H groups in total. The van der Waals surface area contributed by atoms with E-state index in [1.54, 1.807) is 0 Å². The normalized spacial score (nSPS) is 17.1. The summed E-state index contributed by atoms with van der Waals surface area (Å²) in [6.45, 7) is 4.92. The number of benzene rings is 3. The molecule has 1 fully saturated rings. The Kier molecular flexibility index (Phi) is 6.22. The van der Waals surface area contributed by atoms with E-state index in [0.29, 0.717) is 0 Å². The van der Waals surface area contributed by atoms with Crippen LogP contribution in [-0.2, 0) is 19.5 Å². The number of carbonyl (C=O) groups excluding carboxylic acids is 1. The maximum atomic E-state index is 13.0. The smallest absolute Gasteiger partial charge is 0.251 e. The summed E-state index contributed by atoms with van der Waals surface area (Å²) >= 11 is 0. The minimum absolute atomic E-state index is 0.0470. The van der Waals surface area contributed by atoms with Gasteiger partial charge in [-0.05, 0) is 54.2 Å². The number of anilines is 1. The molecule has 0 spiro atoms. The Bertz CT molecular complexity index is 1060. The zero-order chi connectivity index (χ0) is 21.8. The van der Waals surface area contributed by atoms with Crippen LogP contribution in [0.1, 0.15) is 39.9 Å². The molecule has 2 heterocycles. The first-order chi connectivity index (χ1) is 15.7. The summed E-state index contributed by atoms with van der Waals surface area (Å²) in [7, 11) is 0. The van der Waals surface area contributed by atoms with E-state index in [1.165, 1.54) is 16.7 Å². The van der Waals surface area contributed by atoms with Gasteiger partial charge in [-0.1, -0.05) is 60.7 Å². The van der Waals surface area contributed by atoms with E-state index in [0.717, 1.165) is 63.2 Å². The van der Waals surface area contributed by atoms with Crippen LogP contribution in [0.5, 0.6) is 0 Å². The topological polar surface area (TPSA) is 35.6 Å². The van der Waals surface area contributed by atoms with Crippen molar-refractivity contribution in [1.82, 2.24) is 10.2 Å². The molecular formula is C28H31N3O. The molecule has 0 radical (unpaired) electrons. The van der Waals surface area contributed by atoms with Crippen molar-refractivity contribution < 1.29 is 4.79 Å². The summed E-state index contributed by atoms with van der Waals surface area (Å²) in [6, 6.07) is 27.6. The van der Waals surface area contributed by atoms with Gasteiger partial charge in [0.1, 0.15) is 0 Å². The minimum atomic E-state index is 0.0470. The van der Waals surface area contributed by atoms with Gasteiger partial charge >= 0.3 is 0 Å². The van der Waals surface area contributed by atoms with Crippen LogP contribution in [0, 0.1) is 0 Å². The third-order valence-electron chi connectivity index (χ3n) is 6.78. The first-order valence-electron chi connectivity index (χ1n) is 11.7. The van der Waals surface area contributed by atoms with Crippen LogP contribution < -0.4 is 10.2 Å². The van der Waals surface area contributed by atoms with Crippen molar-refractivity contribution in [2.75, 3.05) is 24.5 Å². The number of nitrogens with one attached hydrogen (secondary N) is 1. The molecule has 0 aromatic heterocycles. The second-order valence-electron chi connectivity index (χ2n) is 9.00. The maximum Gasteiger partial charge on any atom is 0.251 e. The molecule has 4 heteroatoms. The molecule has 4 nitrogen and oxygen atoms in total. The van der Waals surface area contributed by atoms with E-state index >= 15 is 0 Å². The number of carbonyl (C=O) groups is 1. The molecule has 2 aliphatic heterocycles. The Morgan fingerprint density at radius 1 is 0.844 bits per heavy atom. The summed E-state index contributed by atoms with van der Waals surface area (Å²) in [5.74, 6) is 0.0470. The monoisotopic (exact) mass is 425 g/mol. The summed E-state index contributed by atoms with van der Waals surface area (Å²) in [5.41, 5.74) is 6.07. The third kappa shape index (κ3) is 4.86. The van der Waals surface area contributed by atoms with Crippen LogP contribution in [0.15, 0.2) is 78.9 Å². The average molecular weight is 426 g/mol. The molecule has 3 aromatic rings. The highest BCUT2D eigenvalue weighted by atomic mass is 16.1. The van der Waals surface area contributed by atoms with Gasteiger partial charge in [0.25, 0.3) is 5.91 Å². The Labute approximate surface area is 190 Å². The lowest BCUT2D eigenvalue weighted by Crippen LogP contribution is -2.44. The van der Waals surface area contributed by atoms with E-state index < -0.39 is 0 Å². The number of piperidine rings is 1. The van der Waals surface area contributed by atoms with Gasteiger partial charge < -0.3 is 10.2 Å². The number of hydrogen-bond donors (Lipinski definition) is 1. The molecule has 1 amide bonds. The summed E-state index contributed by atoms with van der Waals surface area (Å²) in [6.07, 6.45) is 3.05. The Hall–Kier alpha value is -3.11. The van der Waals surface area contributed by atoms with E-state index in [4.69, 9.17) is 0 Å². The van der Waals surface area contributed by atoms with Crippen LogP contribution in [0.4, 0.5) is 5.69 Å². The van der Waals surface area contributed by atoms with E-state index in [2.05, 4.69) is 75.8 Å². The Morgan fingerprint density at radius 3 is 2.41 bits per heavy atom. The predicted octanol–water partition coefficient (Wildman–Crippen LogP) is 4.64. The zero-order valence-electron chi connectivity index (χ0n) is 18.5. The molecule has 1 saturated heterocycles. The molecule has 164 valence electrons. The Balaban J connectivity index is 1.16. The highest BCUT2D eigenvalue weighted by Crippen LogP contribution is 2.25. The van der Waals surface area contributed by atoms with Gasteiger partial charge in [-0.25, -0.2) is 0 Å². The zero-order valence-corrected chi connectivity index (χ0v) is 18.5. The van der Waals surface area contributed by atoms with Crippen molar-refractivity contribution >= 4 is 11.6 Å². The molecule has 0 unspecified atom stereocenters. The number of amides is 1. The van der Waals surface area contributed by atoms with Gasteiger partial charge in [0.15, 0.2) is 0 Å². The number of fused-ring (bicyclic) bond motifs is 1. The van der Waals surface area contributed by atoms with Gasteiger partial charge in [0.2, 0.25) is 0 Å². The van der Waals surface area contributed by atoms with Crippen molar-refractivity contribution in [2.24, 2.45) is 0 Å². The number of likely N-dealkylation sites (tertiary alicyclic amines) is 1. The van der Waals surface area contributed by atoms with E-state index in [1.807, 2.05) is 18.2 Å². The number of rotatable bonds is 5. The Morgan fingerprint density at radius 2 is 1.59 bits per heavy atom. The average Bonchev–Trinajstić information content (AvgIpc) is 2.85. The molecular weight excluding hydrogens is 394 g/mol. The van der Waals surface area contributed by atoms with Crippen LogP contribution in [-0.4, -0.2) is 36.5 Å². The fourth-order valence-corrected chi connectivity index (χ4v) is 4.91. The summed E-state index contributed by atoms with van der Waals surface area (Å²) in [5, 5.41) is 3.28. The summed E-state index contributed by atoms with van der Waals surface area (Å²) in [4.78, 5) is 17.8. The van der Waals surface area contributed by atoms with Gasteiger partial charge in [-0.2, -0.15) is 0 Å². The first kappa shape index (κ1) is 20.8. The lowest BCUT2D eigenvalue weighted by molar-refractivity contribution is 0.0909. The fraction of sp³-hybridized carbons (Fsp3) is 0.321.